The molecule has 1 aliphatic rings. The second kappa shape index (κ2) is 11.2. The van der Waals surface area contributed by atoms with E-state index in [1.807, 2.05) is 24.3 Å². The quantitative estimate of drug-likeness (QED) is 0.628. The molecule has 1 N–H and O–H groups in total. The Morgan fingerprint density at radius 1 is 0.967 bits per heavy atom. The summed E-state index contributed by atoms with van der Waals surface area (Å²) in [5.41, 5.74) is 3.89. The number of amides is 1. The van der Waals surface area contributed by atoms with Crippen molar-refractivity contribution in [3.05, 3.63) is 65.2 Å². The molecule has 162 valence electrons. The van der Waals surface area contributed by atoms with Gasteiger partial charge in [0.05, 0.1) is 6.04 Å². The molecule has 1 atom stereocenters. The monoisotopic (exact) mass is 408 g/mol. The van der Waals surface area contributed by atoms with Crippen LogP contribution in [0.1, 0.15) is 68.7 Å². The Balaban J connectivity index is 1.58. The molecular weight excluding hydrogens is 372 g/mol. The fourth-order valence-electron chi connectivity index (χ4n) is 4.02. The zero-order chi connectivity index (χ0) is 21.3. The number of carbonyl (C=O) groups excluding carboxylic acids is 1. The van der Waals surface area contributed by atoms with Crippen LogP contribution in [0.2, 0.25) is 0 Å². The third-order valence-electron chi connectivity index (χ3n) is 6.01. The van der Waals surface area contributed by atoms with Crippen molar-refractivity contribution in [1.29, 1.82) is 0 Å². The molecule has 4 heteroatoms. The first-order valence-corrected chi connectivity index (χ1v) is 11.4. The molecule has 0 saturated carbocycles. The number of aryl methyl sites for hydroxylation is 1. The molecule has 4 nitrogen and oxygen atoms in total. The van der Waals surface area contributed by atoms with Crippen LogP contribution < -0.4 is 10.1 Å². The molecular formula is C26H36N2O2. The van der Waals surface area contributed by atoms with Gasteiger partial charge in [0.15, 0.2) is 6.61 Å². The van der Waals surface area contributed by atoms with Crippen LogP contribution in [-0.4, -0.2) is 37.0 Å². The van der Waals surface area contributed by atoms with E-state index in [4.69, 9.17) is 4.74 Å². The molecule has 0 bridgehead atoms. The van der Waals surface area contributed by atoms with E-state index < -0.39 is 0 Å². The molecule has 0 spiro atoms. The summed E-state index contributed by atoms with van der Waals surface area (Å²) in [7, 11) is 0. The van der Waals surface area contributed by atoms with Gasteiger partial charge in [-0.25, -0.2) is 0 Å². The Kier molecular flexibility index (Phi) is 8.32. The zero-order valence-electron chi connectivity index (χ0n) is 18.7. The van der Waals surface area contributed by atoms with Crippen LogP contribution in [0.4, 0.5) is 0 Å². The second-order valence-corrected chi connectivity index (χ2v) is 8.52. The van der Waals surface area contributed by atoms with Gasteiger partial charge in [0.2, 0.25) is 0 Å². The predicted molar refractivity (Wildman–Crippen MR) is 123 cm³/mol. The molecule has 30 heavy (non-hydrogen) atoms. The molecule has 1 aliphatic heterocycles. The molecule has 2 aromatic rings. The van der Waals surface area contributed by atoms with Crippen molar-refractivity contribution in [2.45, 2.75) is 58.4 Å². The maximum Gasteiger partial charge on any atom is 0.258 e. The van der Waals surface area contributed by atoms with Crippen LogP contribution in [0.3, 0.4) is 0 Å². The molecule has 0 unspecified atom stereocenters. The lowest BCUT2D eigenvalue weighted by Crippen LogP contribution is -2.41. The predicted octanol–water partition coefficient (Wildman–Crippen LogP) is 5.09. The minimum Gasteiger partial charge on any atom is -0.484 e. The van der Waals surface area contributed by atoms with Crippen LogP contribution in [0.25, 0.3) is 0 Å². The summed E-state index contributed by atoms with van der Waals surface area (Å²) < 4.78 is 5.67. The molecule has 1 heterocycles. The molecule has 1 amide bonds. The van der Waals surface area contributed by atoms with E-state index >= 15 is 0 Å². The van der Waals surface area contributed by atoms with E-state index in [2.05, 4.69) is 55.3 Å². The summed E-state index contributed by atoms with van der Waals surface area (Å²) in [6.07, 6.45) is 4.75. The zero-order valence-corrected chi connectivity index (χ0v) is 18.7. The molecule has 1 fully saturated rings. The van der Waals surface area contributed by atoms with Crippen molar-refractivity contribution in [1.82, 2.24) is 10.2 Å². The van der Waals surface area contributed by atoms with E-state index in [9.17, 15) is 4.79 Å². The second-order valence-electron chi connectivity index (χ2n) is 8.52. The number of piperidine rings is 1. The molecule has 1 saturated heterocycles. The highest BCUT2D eigenvalue weighted by atomic mass is 16.5. The van der Waals surface area contributed by atoms with E-state index in [0.717, 1.165) is 25.3 Å². The maximum atomic E-state index is 12.4. The van der Waals surface area contributed by atoms with Gasteiger partial charge in [0.1, 0.15) is 5.75 Å². The van der Waals surface area contributed by atoms with Gasteiger partial charge in [-0.05, 0) is 67.1 Å². The Bertz CT molecular complexity index is 778. The van der Waals surface area contributed by atoms with Gasteiger partial charge in [0, 0.05) is 6.54 Å². The van der Waals surface area contributed by atoms with E-state index in [1.165, 1.54) is 36.0 Å². The highest BCUT2D eigenvalue weighted by molar-refractivity contribution is 5.77. The Hall–Kier alpha value is -2.33. The minimum atomic E-state index is -0.0737. The van der Waals surface area contributed by atoms with Gasteiger partial charge in [-0.15, -0.1) is 0 Å². The van der Waals surface area contributed by atoms with Gasteiger partial charge in [-0.3, -0.25) is 9.69 Å². The number of benzene rings is 2. The van der Waals surface area contributed by atoms with E-state index in [0.29, 0.717) is 12.5 Å². The van der Waals surface area contributed by atoms with Crippen LogP contribution in [-0.2, 0) is 11.2 Å². The molecule has 3 rings (SSSR count). The van der Waals surface area contributed by atoms with Crippen molar-refractivity contribution in [2.75, 3.05) is 26.2 Å². The van der Waals surface area contributed by atoms with Crippen molar-refractivity contribution >= 4 is 5.91 Å². The largest absolute Gasteiger partial charge is 0.484 e. The standard InChI is InChI=1S/C26H36N2O2/c1-4-21-8-14-24(15-9-21)30-19-26(29)27-18-25(28-16-6-5-7-17-28)23-12-10-22(11-13-23)20(2)3/h8-15,20,25H,4-7,16-19H2,1-3H3,(H,27,29)/t25-/m0/s1. The molecule has 2 aromatic carbocycles. The van der Waals surface area contributed by atoms with E-state index in [-0.39, 0.29) is 18.6 Å². The summed E-state index contributed by atoms with van der Waals surface area (Å²) in [4.78, 5) is 15.0. The van der Waals surface area contributed by atoms with Crippen LogP contribution in [0, 0.1) is 0 Å². The fourth-order valence-corrected chi connectivity index (χ4v) is 4.02. The fraction of sp³-hybridized carbons (Fsp3) is 0.500. The Morgan fingerprint density at radius 2 is 1.60 bits per heavy atom. The SMILES string of the molecule is CCc1ccc(OCC(=O)NC[C@@H](c2ccc(C(C)C)cc2)N2CCCCC2)cc1. The van der Waals surface area contributed by atoms with Crippen LogP contribution in [0.15, 0.2) is 48.5 Å². The van der Waals surface area contributed by atoms with Crippen LogP contribution >= 0.6 is 0 Å². The number of hydrogen-bond acceptors (Lipinski definition) is 3. The summed E-state index contributed by atoms with van der Waals surface area (Å²) in [6.45, 7) is 9.39. The highest BCUT2D eigenvalue weighted by Gasteiger charge is 2.23. The first kappa shape index (κ1) is 22.4. The average molecular weight is 409 g/mol. The number of nitrogens with zero attached hydrogens (tertiary/aromatic N) is 1. The van der Waals surface area contributed by atoms with Crippen molar-refractivity contribution < 1.29 is 9.53 Å². The lowest BCUT2D eigenvalue weighted by Gasteiger charge is -2.35. The number of carbonyl (C=O) groups is 1. The Morgan fingerprint density at radius 3 is 2.20 bits per heavy atom. The normalized spacial score (nSPS) is 15.7. The number of likely N-dealkylation sites (tertiary alicyclic amines) is 1. The molecule has 0 aromatic heterocycles. The number of nitrogens with one attached hydrogen (secondary N) is 1. The van der Waals surface area contributed by atoms with Crippen LogP contribution in [0.5, 0.6) is 5.75 Å². The topological polar surface area (TPSA) is 41.6 Å². The van der Waals surface area contributed by atoms with Gasteiger partial charge in [-0.2, -0.15) is 0 Å². The first-order chi connectivity index (χ1) is 14.6. The smallest absolute Gasteiger partial charge is 0.258 e. The minimum absolute atomic E-state index is 0.0461. The average Bonchev–Trinajstić information content (AvgIpc) is 2.79. The highest BCUT2D eigenvalue weighted by Crippen LogP contribution is 2.26. The summed E-state index contributed by atoms with van der Waals surface area (Å²) in [6, 6.07) is 17.1. The van der Waals surface area contributed by atoms with Crippen molar-refractivity contribution in [3.63, 3.8) is 0 Å². The van der Waals surface area contributed by atoms with Gasteiger partial charge < -0.3 is 10.1 Å². The maximum absolute atomic E-state index is 12.4. The Labute approximate surface area is 181 Å². The van der Waals surface area contributed by atoms with Crippen molar-refractivity contribution in [3.8, 4) is 5.75 Å². The summed E-state index contributed by atoms with van der Waals surface area (Å²) in [5.74, 6) is 1.19. The molecule has 0 aliphatic carbocycles. The lowest BCUT2D eigenvalue weighted by molar-refractivity contribution is -0.123. The molecule has 0 radical (unpaired) electrons. The summed E-state index contributed by atoms with van der Waals surface area (Å²) >= 11 is 0. The summed E-state index contributed by atoms with van der Waals surface area (Å²) in [5, 5.41) is 3.10. The van der Waals surface area contributed by atoms with Gasteiger partial charge in [0.25, 0.3) is 5.91 Å². The van der Waals surface area contributed by atoms with Gasteiger partial charge in [-0.1, -0.05) is 63.6 Å². The third-order valence-corrected chi connectivity index (χ3v) is 6.01. The number of hydrogen-bond donors (Lipinski definition) is 1. The third kappa shape index (κ3) is 6.33. The van der Waals surface area contributed by atoms with Crippen molar-refractivity contribution in [2.24, 2.45) is 0 Å². The number of rotatable bonds is 9. The lowest BCUT2D eigenvalue weighted by atomic mass is 9.97. The first-order valence-electron chi connectivity index (χ1n) is 11.4. The number of ether oxygens (including phenoxy) is 1. The van der Waals surface area contributed by atoms with E-state index in [1.54, 1.807) is 0 Å². The van der Waals surface area contributed by atoms with Gasteiger partial charge >= 0.3 is 0 Å².